The van der Waals surface area contributed by atoms with Crippen LogP contribution in [0.3, 0.4) is 0 Å². The first-order valence-corrected chi connectivity index (χ1v) is 7.35. The largest absolute Gasteiger partial charge is 0.383 e. The molecule has 5 nitrogen and oxygen atoms in total. The van der Waals surface area contributed by atoms with Crippen LogP contribution in [0.1, 0.15) is 40.9 Å². The van der Waals surface area contributed by atoms with E-state index in [0.29, 0.717) is 17.7 Å². The summed E-state index contributed by atoms with van der Waals surface area (Å²) in [5.74, 6) is -0.201. The number of pyridine rings is 1. The van der Waals surface area contributed by atoms with Crippen molar-refractivity contribution in [3.63, 3.8) is 0 Å². The topological polar surface area (TPSA) is 83.1 Å². The van der Waals surface area contributed by atoms with E-state index in [-0.39, 0.29) is 29.3 Å². The van der Waals surface area contributed by atoms with Crippen LogP contribution in [0.15, 0.2) is 36.5 Å². The van der Waals surface area contributed by atoms with Gasteiger partial charge < -0.3 is 16.0 Å². The van der Waals surface area contributed by atoms with E-state index in [2.05, 4.69) is 4.98 Å². The summed E-state index contributed by atoms with van der Waals surface area (Å²) in [5, 5.41) is 7.69. The molecule has 1 aliphatic rings. The van der Waals surface area contributed by atoms with Crippen LogP contribution in [0, 0.1) is 11.2 Å². The number of anilines is 1. The summed E-state index contributed by atoms with van der Waals surface area (Å²) in [6, 6.07) is 7.76. The molecule has 1 atom stereocenters. The fraction of sp³-hybridized carbons (Fsp3) is 0.235. The number of benzene rings is 1. The second kappa shape index (κ2) is 5.79. The van der Waals surface area contributed by atoms with E-state index in [0.717, 1.165) is 12.0 Å². The number of hydrogen-bond acceptors (Lipinski definition) is 4. The van der Waals surface area contributed by atoms with Crippen LogP contribution in [0.4, 0.5) is 10.2 Å². The second-order valence-corrected chi connectivity index (χ2v) is 5.64. The monoisotopic (exact) mass is 312 g/mol. The Morgan fingerprint density at radius 2 is 2.09 bits per heavy atom. The highest BCUT2D eigenvalue weighted by molar-refractivity contribution is 6.03. The van der Waals surface area contributed by atoms with Crippen molar-refractivity contribution in [2.45, 2.75) is 19.4 Å². The fourth-order valence-electron chi connectivity index (χ4n) is 2.72. The summed E-state index contributed by atoms with van der Waals surface area (Å²) >= 11 is 0. The normalized spacial score (nSPS) is 16.8. The molecule has 3 N–H and O–H groups in total. The molecule has 0 bridgehead atoms. The number of nitrogens with two attached hydrogens (primary N) is 1. The Labute approximate surface area is 133 Å². The van der Waals surface area contributed by atoms with Crippen molar-refractivity contribution in [1.29, 1.82) is 5.41 Å². The number of hydrogen-bond donors (Lipinski definition) is 2. The van der Waals surface area contributed by atoms with Crippen molar-refractivity contribution in [2.24, 2.45) is 0 Å². The van der Waals surface area contributed by atoms with E-state index in [1.165, 1.54) is 18.3 Å². The highest BCUT2D eigenvalue weighted by Gasteiger charge is 2.34. The van der Waals surface area contributed by atoms with E-state index >= 15 is 0 Å². The summed E-state index contributed by atoms with van der Waals surface area (Å²) in [7, 11) is 0. The van der Waals surface area contributed by atoms with Gasteiger partial charge in [-0.15, -0.1) is 0 Å². The smallest absolute Gasteiger partial charge is 0.255 e. The van der Waals surface area contributed by atoms with Crippen LogP contribution in [0.5, 0.6) is 0 Å². The highest BCUT2D eigenvalue weighted by Crippen LogP contribution is 2.34. The molecule has 1 aliphatic heterocycles. The molecule has 23 heavy (non-hydrogen) atoms. The molecule has 1 fully saturated rings. The molecule has 3 rings (SSSR count). The van der Waals surface area contributed by atoms with E-state index in [1.54, 1.807) is 30.0 Å². The van der Waals surface area contributed by atoms with Crippen molar-refractivity contribution in [3.8, 4) is 0 Å². The number of aromatic nitrogens is 1. The van der Waals surface area contributed by atoms with Gasteiger partial charge in [0.25, 0.3) is 5.91 Å². The SMILES string of the molecule is CC(=N)c1cc(C(=O)N2CC[C@H]2c2ccc(F)cc2)cnc1N. The summed E-state index contributed by atoms with van der Waals surface area (Å²) in [6.45, 7) is 2.25. The molecular weight excluding hydrogens is 295 g/mol. The maximum absolute atomic E-state index is 13.0. The molecule has 1 aromatic carbocycles. The molecule has 0 unspecified atom stereocenters. The Morgan fingerprint density at radius 3 is 2.65 bits per heavy atom. The second-order valence-electron chi connectivity index (χ2n) is 5.64. The highest BCUT2D eigenvalue weighted by atomic mass is 19.1. The minimum absolute atomic E-state index is 0.0508. The molecule has 2 aromatic rings. The first kappa shape index (κ1) is 15.1. The maximum atomic E-state index is 13.0. The lowest BCUT2D eigenvalue weighted by Crippen LogP contribution is -2.45. The fourth-order valence-corrected chi connectivity index (χ4v) is 2.72. The number of carbonyl (C=O) groups excluding carboxylic acids is 1. The van der Waals surface area contributed by atoms with E-state index in [4.69, 9.17) is 11.1 Å². The first-order chi connectivity index (χ1) is 11.0. The zero-order valence-electron chi connectivity index (χ0n) is 12.7. The van der Waals surface area contributed by atoms with Crippen LogP contribution in [0.2, 0.25) is 0 Å². The number of nitrogens with one attached hydrogen (secondary N) is 1. The summed E-state index contributed by atoms with van der Waals surface area (Å²) in [4.78, 5) is 18.4. The van der Waals surface area contributed by atoms with E-state index in [1.807, 2.05) is 0 Å². The number of rotatable bonds is 3. The van der Waals surface area contributed by atoms with Crippen LogP contribution < -0.4 is 5.73 Å². The van der Waals surface area contributed by atoms with Crippen LogP contribution >= 0.6 is 0 Å². The molecule has 0 saturated carbocycles. The van der Waals surface area contributed by atoms with Gasteiger partial charge >= 0.3 is 0 Å². The van der Waals surface area contributed by atoms with Crippen LogP contribution in [-0.2, 0) is 0 Å². The van der Waals surface area contributed by atoms with Gasteiger partial charge in [0.1, 0.15) is 11.6 Å². The molecule has 0 spiro atoms. The van der Waals surface area contributed by atoms with Gasteiger partial charge in [0, 0.05) is 24.0 Å². The Bertz CT molecular complexity index is 773. The van der Waals surface area contributed by atoms with Gasteiger partial charge in [0.05, 0.1) is 11.6 Å². The van der Waals surface area contributed by atoms with Crippen molar-refractivity contribution in [2.75, 3.05) is 12.3 Å². The van der Waals surface area contributed by atoms with Gasteiger partial charge in [-0.1, -0.05) is 12.1 Å². The molecule has 6 heteroatoms. The molecule has 1 amide bonds. The standard InChI is InChI=1S/C17H17FN4O/c1-10(19)14-8-12(9-21-16(14)20)17(23)22-7-6-15(22)11-2-4-13(18)5-3-11/h2-5,8-9,15,19H,6-7H2,1H3,(H2,20,21)/t15-/m0/s1. The predicted molar refractivity (Wildman–Crippen MR) is 85.9 cm³/mol. The molecular formula is C17H17FN4O. The Balaban J connectivity index is 1.84. The van der Waals surface area contributed by atoms with Crippen molar-refractivity contribution >= 4 is 17.4 Å². The molecule has 1 saturated heterocycles. The number of amides is 1. The molecule has 0 radical (unpaired) electrons. The van der Waals surface area contributed by atoms with Gasteiger partial charge in [0.15, 0.2) is 0 Å². The number of carbonyl (C=O) groups is 1. The van der Waals surface area contributed by atoms with Gasteiger partial charge in [-0.05, 0) is 37.1 Å². The van der Waals surface area contributed by atoms with Crippen molar-refractivity contribution in [3.05, 3.63) is 59.0 Å². The zero-order chi connectivity index (χ0) is 16.6. The molecule has 118 valence electrons. The van der Waals surface area contributed by atoms with Gasteiger partial charge in [-0.2, -0.15) is 0 Å². The quantitative estimate of drug-likeness (QED) is 0.855. The minimum atomic E-state index is -0.292. The summed E-state index contributed by atoms with van der Waals surface area (Å²) in [5.41, 5.74) is 7.79. The summed E-state index contributed by atoms with van der Waals surface area (Å²) in [6.07, 6.45) is 2.28. The average molecular weight is 312 g/mol. The summed E-state index contributed by atoms with van der Waals surface area (Å²) < 4.78 is 13.0. The van der Waals surface area contributed by atoms with Crippen molar-refractivity contribution < 1.29 is 9.18 Å². The van der Waals surface area contributed by atoms with Crippen LogP contribution in [-0.4, -0.2) is 28.0 Å². The molecule has 0 aliphatic carbocycles. The Hall–Kier alpha value is -2.76. The van der Waals surface area contributed by atoms with Gasteiger partial charge in [-0.25, -0.2) is 9.37 Å². The Kier molecular flexibility index (Phi) is 3.82. The lowest BCUT2D eigenvalue weighted by atomic mass is 9.93. The third-order valence-corrected chi connectivity index (χ3v) is 4.10. The first-order valence-electron chi connectivity index (χ1n) is 7.35. The lowest BCUT2D eigenvalue weighted by Gasteiger charge is -2.41. The average Bonchev–Trinajstić information content (AvgIpc) is 2.48. The lowest BCUT2D eigenvalue weighted by molar-refractivity contribution is 0.0460. The van der Waals surface area contributed by atoms with Crippen molar-refractivity contribution in [1.82, 2.24) is 9.88 Å². The van der Waals surface area contributed by atoms with Crippen LogP contribution in [0.25, 0.3) is 0 Å². The van der Waals surface area contributed by atoms with E-state index < -0.39 is 0 Å². The minimum Gasteiger partial charge on any atom is -0.383 e. The third kappa shape index (κ3) is 2.79. The molecule has 2 heterocycles. The number of halogens is 1. The Morgan fingerprint density at radius 1 is 1.39 bits per heavy atom. The number of likely N-dealkylation sites (tertiary alicyclic amines) is 1. The third-order valence-electron chi connectivity index (χ3n) is 4.10. The van der Waals surface area contributed by atoms with Gasteiger partial charge in [0.2, 0.25) is 0 Å². The predicted octanol–water partition coefficient (Wildman–Crippen LogP) is 2.78. The van der Waals surface area contributed by atoms with Gasteiger partial charge in [-0.3, -0.25) is 4.79 Å². The molecule has 1 aromatic heterocycles. The zero-order valence-corrected chi connectivity index (χ0v) is 12.7. The number of nitrogen functional groups attached to an aromatic ring is 1. The van der Waals surface area contributed by atoms with E-state index in [9.17, 15) is 9.18 Å². The number of nitrogens with zero attached hydrogens (tertiary/aromatic N) is 2. The maximum Gasteiger partial charge on any atom is 0.255 e.